The highest BCUT2D eigenvalue weighted by Crippen LogP contribution is 2.17. The maximum absolute atomic E-state index is 13.2. The van der Waals surface area contributed by atoms with E-state index in [1.165, 1.54) is 12.1 Å². The van der Waals surface area contributed by atoms with Crippen LogP contribution < -0.4 is 0 Å². The summed E-state index contributed by atoms with van der Waals surface area (Å²) in [7, 11) is 0. The molecule has 0 spiro atoms. The zero-order valence-corrected chi connectivity index (χ0v) is 11.5. The molecule has 2 aromatic carbocycles. The summed E-state index contributed by atoms with van der Waals surface area (Å²) in [5.41, 5.74) is 4.53. The van der Waals surface area contributed by atoms with Crippen LogP contribution in [-0.4, -0.2) is 5.78 Å². The van der Waals surface area contributed by atoms with Crippen LogP contribution in [0.15, 0.2) is 36.4 Å². The molecule has 0 amide bonds. The van der Waals surface area contributed by atoms with Gasteiger partial charge in [-0.1, -0.05) is 24.3 Å². The fourth-order valence-corrected chi connectivity index (χ4v) is 2.15. The maximum Gasteiger partial charge on any atom is 0.167 e. The first-order chi connectivity index (χ1) is 8.99. The topological polar surface area (TPSA) is 17.1 Å². The molecule has 0 heterocycles. The SMILES string of the molecule is Cc1ccc(F)cc1CC(=O)c1cccc(C)c1C. The van der Waals surface area contributed by atoms with Gasteiger partial charge in [0.2, 0.25) is 0 Å². The number of carbonyl (C=O) groups excluding carboxylic acids is 1. The van der Waals surface area contributed by atoms with Crippen LogP contribution in [0.25, 0.3) is 0 Å². The van der Waals surface area contributed by atoms with Crippen LogP contribution in [0.3, 0.4) is 0 Å². The summed E-state index contributed by atoms with van der Waals surface area (Å²) in [6.07, 6.45) is 0.244. The smallest absolute Gasteiger partial charge is 0.167 e. The minimum Gasteiger partial charge on any atom is -0.294 e. The van der Waals surface area contributed by atoms with E-state index in [1.807, 2.05) is 39.0 Å². The van der Waals surface area contributed by atoms with Crippen LogP contribution in [-0.2, 0) is 6.42 Å². The summed E-state index contributed by atoms with van der Waals surface area (Å²) < 4.78 is 13.2. The van der Waals surface area contributed by atoms with Gasteiger partial charge >= 0.3 is 0 Å². The lowest BCUT2D eigenvalue weighted by atomic mass is 9.95. The molecule has 0 aliphatic heterocycles. The molecule has 0 unspecified atom stereocenters. The molecular weight excluding hydrogens is 239 g/mol. The van der Waals surface area contributed by atoms with Crippen molar-refractivity contribution >= 4 is 5.78 Å². The summed E-state index contributed by atoms with van der Waals surface area (Å²) in [6, 6.07) is 10.3. The molecule has 0 aromatic heterocycles. The van der Waals surface area contributed by atoms with Crippen molar-refractivity contribution in [2.75, 3.05) is 0 Å². The van der Waals surface area contributed by atoms with Gasteiger partial charge in [-0.25, -0.2) is 4.39 Å². The summed E-state index contributed by atoms with van der Waals surface area (Å²) in [5.74, 6) is -0.260. The van der Waals surface area contributed by atoms with E-state index in [-0.39, 0.29) is 18.0 Å². The van der Waals surface area contributed by atoms with Gasteiger partial charge in [-0.3, -0.25) is 4.79 Å². The fraction of sp³-hybridized carbons (Fsp3) is 0.235. The van der Waals surface area contributed by atoms with Gasteiger partial charge in [0.1, 0.15) is 5.82 Å². The molecule has 0 aliphatic rings. The molecule has 2 heteroatoms. The van der Waals surface area contributed by atoms with Gasteiger partial charge in [0.25, 0.3) is 0 Å². The van der Waals surface area contributed by atoms with Crippen molar-refractivity contribution in [3.05, 3.63) is 70.0 Å². The molecule has 0 saturated carbocycles. The number of aryl methyl sites for hydroxylation is 2. The molecule has 0 N–H and O–H groups in total. The van der Waals surface area contributed by atoms with Crippen LogP contribution >= 0.6 is 0 Å². The number of halogens is 1. The Morgan fingerprint density at radius 1 is 1.05 bits per heavy atom. The van der Waals surface area contributed by atoms with E-state index in [2.05, 4.69) is 0 Å². The number of rotatable bonds is 3. The number of hydrogen-bond donors (Lipinski definition) is 0. The number of benzene rings is 2. The fourth-order valence-electron chi connectivity index (χ4n) is 2.15. The molecule has 0 atom stereocenters. The van der Waals surface area contributed by atoms with Crippen LogP contribution in [0.1, 0.15) is 32.6 Å². The van der Waals surface area contributed by atoms with Gasteiger partial charge in [0.05, 0.1) is 0 Å². The molecule has 0 saturated heterocycles. The predicted octanol–water partition coefficient (Wildman–Crippen LogP) is 4.18. The summed E-state index contributed by atoms with van der Waals surface area (Å²) in [5, 5.41) is 0. The predicted molar refractivity (Wildman–Crippen MR) is 75.1 cm³/mol. The molecule has 0 aliphatic carbocycles. The minimum atomic E-state index is -0.297. The highest BCUT2D eigenvalue weighted by molar-refractivity contribution is 5.99. The lowest BCUT2D eigenvalue weighted by Gasteiger charge is -2.09. The quantitative estimate of drug-likeness (QED) is 0.753. The Kier molecular flexibility index (Phi) is 3.79. The highest BCUT2D eigenvalue weighted by Gasteiger charge is 2.12. The molecule has 0 fully saturated rings. The molecule has 0 radical (unpaired) electrons. The largest absolute Gasteiger partial charge is 0.294 e. The third-order valence-corrected chi connectivity index (χ3v) is 3.57. The molecule has 2 aromatic rings. The van der Waals surface area contributed by atoms with Crippen molar-refractivity contribution in [3.8, 4) is 0 Å². The number of hydrogen-bond acceptors (Lipinski definition) is 1. The van der Waals surface area contributed by atoms with Gasteiger partial charge in [-0.2, -0.15) is 0 Å². The third kappa shape index (κ3) is 2.90. The van der Waals surface area contributed by atoms with Crippen molar-refractivity contribution in [2.24, 2.45) is 0 Å². The Balaban J connectivity index is 2.31. The van der Waals surface area contributed by atoms with Crippen molar-refractivity contribution in [2.45, 2.75) is 27.2 Å². The monoisotopic (exact) mass is 256 g/mol. The van der Waals surface area contributed by atoms with Crippen molar-refractivity contribution in [1.82, 2.24) is 0 Å². The second-order valence-electron chi connectivity index (χ2n) is 4.92. The average molecular weight is 256 g/mol. The van der Waals surface area contributed by atoms with Crippen LogP contribution in [0, 0.1) is 26.6 Å². The molecule has 19 heavy (non-hydrogen) atoms. The third-order valence-electron chi connectivity index (χ3n) is 3.57. The van der Waals surface area contributed by atoms with Crippen LogP contribution in [0.5, 0.6) is 0 Å². The maximum atomic E-state index is 13.2. The van der Waals surface area contributed by atoms with Gasteiger partial charge in [0.15, 0.2) is 5.78 Å². The first kappa shape index (κ1) is 13.5. The number of carbonyl (C=O) groups is 1. The second-order valence-corrected chi connectivity index (χ2v) is 4.92. The first-order valence-electron chi connectivity index (χ1n) is 6.33. The number of Topliss-reactive ketones (excluding diaryl/α,β-unsaturated/α-hetero) is 1. The Bertz CT molecular complexity index is 629. The Morgan fingerprint density at radius 3 is 2.53 bits per heavy atom. The lowest BCUT2D eigenvalue weighted by molar-refractivity contribution is 0.0992. The number of ketones is 1. The Morgan fingerprint density at radius 2 is 1.79 bits per heavy atom. The molecule has 1 nitrogen and oxygen atoms in total. The van der Waals surface area contributed by atoms with E-state index >= 15 is 0 Å². The van der Waals surface area contributed by atoms with Gasteiger partial charge < -0.3 is 0 Å². The standard InChI is InChI=1S/C17H17FO/c1-11-5-4-6-16(13(11)3)17(19)10-14-9-15(18)8-7-12(14)2/h4-9H,10H2,1-3H3. The molecule has 2 rings (SSSR count). The van der Waals surface area contributed by atoms with Crippen LogP contribution in [0.2, 0.25) is 0 Å². The van der Waals surface area contributed by atoms with Crippen molar-refractivity contribution in [3.63, 3.8) is 0 Å². The highest BCUT2D eigenvalue weighted by atomic mass is 19.1. The lowest BCUT2D eigenvalue weighted by Crippen LogP contribution is -2.07. The van der Waals surface area contributed by atoms with E-state index < -0.39 is 0 Å². The van der Waals surface area contributed by atoms with E-state index in [4.69, 9.17) is 0 Å². The van der Waals surface area contributed by atoms with Crippen molar-refractivity contribution in [1.29, 1.82) is 0 Å². The summed E-state index contributed by atoms with van der Waals surface area (Å²) >= 11 is 0. The minimum absolute atomic E-state index is 0.0369. The summed E-state index contributed by atoms with van der Waals surface area (Å²) in [6.45, 7) is 5.83. The second kappa shape index (κ2) is 5.35. The van der Waals surface area contributed by atoms with Crippen LogP contribution in [0.4, 0.5) is 4.39 Å². The normalized spacial score (nSPS) is 10.5. The zero-order valence-electron chi connectivity index (χ0n) is 11.5. The summed E-state index contributed by atoms with van der Waals surface area (Å²) in [4.78, 5) is 12.3. The van der Waals surface area contributed by atoms with Gasteiger partial charge in [-0.05, 0) is 55.2 Å². The van der Waals surface area contributed by atoms with Gasteiger partial charge in [-0.15, -0.1) is 0 Å². The van der Waals surface area contributed by atoms with E-state index in [1.54, 1.807) is 6.07 Å². The Labute approximate surface area is 113 Å². The molecule has 0 bridgehead atoms. The van der Waals surface area contributed by atoms with Crippen molar-refractivity contribution < 1.29 is 9.18 Å². The average Bonchev–Trinajstić information content (AvgIpc) is 2.37. The Hall–Kier alpha value is -1.96. The van der Waals surface area contributed by atoms with Gasteiger partial charge in [0, 0.05) is 12.0 Å². The molecule has 98 valence electrons. The van der Waals surface area contributed by atoms with E-state index in [9.17, 15) is 9.18 Å². The molecular formula is C17H17FO. The zero-order chi connectivity index (χ0) is 14.0. The first-order valence-corrected chi connectivity index (χ1v) is 6.33. The van der Waals surface area contributed by atoms with E-state index in [0.29, 0.717) is 0 Å². The van der Waals surface area contributed by atoms with E-state index in [0.717, 1.165) is 27.8 Å².